The van der Waals surface area contributed by atoms with E-state index in [0.29, 0.717) is 22.2 Å². The monoisotopic (exact) mass is 531 g/mol. The summed E-state index contributed by atoms with van der Waals surface area (Å²) in [5.74, 6) is -1.27. The Morgan fingerprint density at radius 1 is 1.18 bits per heavy atom. The summed E-state index contributed by atoms with van der Waals surface area (Å²) in [5.41, 5.74) is 2.33. The van der Waals surface area contributed by atoms with Crippen LogP contribution in [0.25, 0.3) is 17.1 Å². The number of Topliss-reactive ketones (excluding diaryl/α,β-unsaturated/α-hetero) is 1. The van der Waals surface area contributed by atoms with Gasteiger partial charge in [-0.05, 0) is 23.3 Å². The highest BCUT2D eigenvalue weighted by Gasteiger charge is 2.46. The van der Waals surface area contributed by atoms with Gasteiger partial charge in [-0.3, -0.25) is 14.7 Å². The Kier molecular flexibility index (Phi) is 7.15. The highest BCUT2D eigenvalue weighted by Crippen LogP contribution is 2.30. The maximum absolute atomic E-state index is 15.0. The van der Waals surface area contributed by atoms with Crippen LogP contribution >= 0.6 is 0 Å². The molecule has 0 saturated carbocycles. The summed E-state index contributed by atoms with van der Waals surface area (Å²) in [6.07, 6.45) is -2.84. The van der Waals surface area contributed by atoms with Gasteiger partial charge in [0.1, 0.15) is 29.3 Å². The number of aromatic amines is 1. The molecule has 0 unspecified atom stereocenters. The fraction of sp³-hybridized carbons (Fsp3) is 0.385. The minimum absolute atomic E-state index is 0.0600. The number of carbonyl (C=O) groups excluding carboxylic acids is 2. The number of alkyl halides is 3. The third-order valence-electron chi connectivity index (χ3n) is 6.70. The number of amides is 1. The molecule has 8 nitrogen and oxygen atoms in total. The van der Waals surface area contributed by atoms with Crippen LogP contribution in [0, 0.1) is 5.82 Å². The van der Waals surface area contributed by atoms with Crippen LogP contribution < -0.4 is 10.1 Å². The first-order valence-corrected chi connectivity index (χ1v) is 12.2. The zero-order valence-electron chi connectivity index (χ0n) is 20.2. The van der Waals surface area contributed by atoms with E-state index < -0.39 is 30.0 Å². The Labute approximate surface area is 215 Å². The second-order valence-corrected chi connectivity index (χ2v) is 9.45. The summed E-state index contributed by atoms with van der Waals surface area (Å²) in [6, 6.07) is 5.84. The predicted octanol–water partition coefficient (Wildman–Crippen LogP) is 3.59. The molecule has 3 heterocycles. The predicted molar refractivity (Wildman–Crippen MR) is 130 cm³/mol. The number of ketones is 1. The van der Waals surface area contributed by atoms with Crippen LogP contribution in [-0.2, 0) is 16.0 Å². The number of carbonyl (C=O) groups is 2. The molecule has 5 rings (SSSR count). The molecule has 1 saturated heterocycles. The van der Waals surface area contributed by atoms with Crippen molar-refractivity contribution < 1.29 is 31.9 Å². The molecular formula is C26H25F4N5O3. The van der Waals surface area contributed by atoms with Crippen molar-refractivity contribution in [2.45, 2.75) is 44.0 Å². The number of nitrogens with zero attached hydrogens (tertiary/aromatic N) is 3. The molecule has 2 atom stereocenters. The summed E-state index contributed by atoms with van der Waals surface area (Å²) in [6.45, 7) is -0.250. The Balaban J connectivity index is 1.40. The largest absolute Gasteiger partial charge is 0.474 e. The van der Waals surface area contributed by atoms with E-state index >= 15 is 0 Å². The van der Waals surface area contributed by atoms with E-state index in [9.17, 15) is 27.2 Å². The maximum Gasteiger partial charge on any atom is 0.410 e. The SMILES string of the molecule is O=C1C/C(CC(=O)N2CCNC[C@H]2C(F)(F)F)=C/c2cccc(F)c2C[C@@H](Oc2ccc3[nH]ncc3n2)C1. The van der Waals surface area contributed by atoms with E-state index in [2.05, 4.69) is 20.5 Å². The van der Waals surface area contributed by atoms with Gasteiger partial charge in [-0.15, -0.1) is 0 Å². The number of hydrogen-bond donors (Lipinski definition) is 2. The number of benzene rings is 1. The first kappa shape index (κ1) is 25.8. The molecule has 1 amide bonds. The number of H-pyrrole nitrogens is 1. The van der Waals surface area contributed by atoms with E-state index in [-0.39, 0.29) is 62.5 Å². The van der Waals surface area contributed by atoms with Gasteiger partial charge >= 0.3 is 6.18 Å². The van der Waals surface area contributed by atoms with Crippen molar-refractivity contribution in [2.24, 2.45) is 0 Å². The zero-order chi connectivity index (χ0) is 26.9. The van der Waals surface area contributed by atoms with Crippen molar-refractivity contribution in [3.05, 3.63) is 59.0 Å². The van der Waals surface area contributed by atoms with E-state index in [0.717, 1.165) is 4.90 Å². The molecule has 38 heavy (non-hydrogen) atoms. The first-order chi connectivity index (χ1) is 18.2. The molecule has 2 N–H and O–H groups in total. The molecule has 0 bridgehead atoms. The number of ether oxygens (including phenoxy) is 1. The highest BCUT2D eigenvalue weighted by atomic mass is 19.4. The van der Waals surface area contributed by atoms with E-state index in [1.807, 2.05) is 0 Å². The Bertz CT molecular complexity index is 1390. The minimum atomic E-state index is -4.58. The number of piperazine rings is 1. The van der Waals surface area contributed by atoms with Gasteiger partial charge in [-0.25, -0.2) is 9.37 Å². The summed E-state index contributed by atoms with van der Waals surface area (Å²) in [7, 11) is 0. The molecule has 3 aromatic rings. The summed E-state index contributed by atoms with van der Waals surface area (Å²) in [4.78, 5) is 31.2. The minimum Gasteiger partial charge on any atom is -0.474 e. The fourth-order valence-electron chi connectivity index (χ4n) is 4.91. The number of nitrogens with one attached hydrogen (secondary N) is 2. The van der Waals surface area contributed by atoms with Crippen molar-refractivity contribution in [1.82, 2.24) is 25.4 Å². The Hall–Kier alpha value is -3.80. The van der Waals surface area contributed by atoms with E-state index in [1.54, 1.807) is 18.2 Å². The van der Waals surface area contributed by atoms with Crippen LogP contribution in [0.3, 0.4) is 0 Å². The van der Waals surface area contributed by atoms with E-state index in [1.165, 1.54) is 24.4 Å². The summed E-state index contributed by atoms with van der Waals surface area (Å²) >= 11 is 0. The van der Waals surface area contributed by atoms with Gasteiger partial charge in [0.15, 0.2) is 0 Å². The van der Waals surface area contributed by atoms with Crippen molar-refractivity contribution in [1.29, 1.82) is 0 Å². The number of aromatic nitrogens is 3. The third-order valence-corrected chi connectivity index (χ3v) is 6.70. The lowest BCUT2D eigenvalue weighted by Crippen LogP contribution is -2.59. The second kappa shape index (κ2) is 10.5. The van der Waals surface area contributed by atoms with Crippen molar-refractivity contribution in [3.8, 4) is 5.88 Å². The van der Waals surface area contributed by atoms with Crippen LogP contribution in [0.2, 0.25) is 0 Å². The topological polar surface area (TPSA) is 100 Å². The van der Waals surface area contributed by atoms with E-state index in [4.69, 9.17) is 4.74 Å². The van der Waals surface area contributed by atoms with Crippen molar-refractivity contribution in [2.75, 3.05) is 19.6 Å². The summed E-state index contributed by atoms with van der Waals surface area (Å²) in [5, 5.41) is 9.37. The molecule has 0 radical (unpaired) electrons. The number of fused-ring (bicyclic) bond motifs is 2. The third kappa shape index (κ3) is 5.69. The van der Waals surface area contributed by atoms with Crippen LogP contribution in [0.5, 0.6) is 5.88 Å². The molecule has 1 aliphatic heterocycles. The van der Waals surface area contributed by atoms with Gasteiger partial charge in [0.05, 0.1) is 11.7 Å². The van der Waals surface area contributed by atoms with Crippen molar-refractivity contribution in [3.63, 3.8) is 0 Å². The van der Waals surface area contributed by atoms with Crippen LogP contribution in [-0.4, -0.2) is 69.7 Å². The lowest BCUT2D eigenvalue weighted by molar-refractivity contribution is -0.192. The molecule has 2 aliphatic rings. The van der Waals surface area contributed by atoms with Gasteiger partial charge in [0, 0.05) is 51.4 Å². The molecule has 0 spiro atoms. The lowest BCUT2D eigenvalue weighted by Gasteiger charge is -2.37. The molecule has 1 aliphatic carbocycles. The Morgan fingerprint density at radius 3 is 2.84 bits per heavy atom. The second-order valence-electron chi connectivity index (χ2n) is 9.45. The van der Waals surface area contributed by atoms with Crippen molar-refractivity contribution >= 4 is 28.8 Å². The van der Waals surface area contributed by atoms with Crippen LogP contribution in [0.1, 0.15) is 30.4 Å². The molecule has 200 valence electrons. The molecular weight excluding hydrogens is 506 g/mol. The van der Waals surface area contributed by atoms with Crippen LogP contribution in [0.15, 0.2) is 42.1 Å². The highest BCUT2D eigenvalue weighted by molar-refractivity contribution is 5.87. The number of halogens is 4. The lowest BCUT2D eigenvalue weighted by atomic mass is 9.98. The average Bonchev–Trinajstić information content (AvgIpc) is 3.34. The van der Waals surface area contributed by atoms with Gasteiger partial charge in [-0.1, -0.05) is 23.8 Å². The maximum atomic E-state index is 15.0. The number of hydrogen-bond acceptors (Lipinski definition) is 6. The quantitative estimate of drug-likeness (QED) is 0.500. The fourth-order valence-corrected chi connectivity index (χ4v) is 4.91. The molecule has 2 aromatic heterocycles. The first-order valence-electron chi connectivity index (χ1n) is 12.2. The van der Waals surface area contributed by atoms with Gasteiger partial charge in [0.2, 0.25) is 11.8 Å². The number of rotatable bonds is 4. The number of pyridine rings is 1. The zero-order valence-corrected chi connectivity index (χ0v) is 20.2. The molecule has 12 heteroatoms. The standard InChI is InChI=1S/C26H25F4N5O3/c27-20-3-1-2-16-8-15(10-25(37)35-7-6-31-14-23(35)26(28,29)30)9-17(36)11-18(12-19(16)20)38-24-5-4-21-22(33-24)13-32-34-21/h1-5,8,13,18,23,31H,6-7,9-12,14H2,(H,32,34)/b15-8-/t18-,23-/m0/s1. The average molecular weight is 532 g/mol. The van der Waals surface area contributed by atoms with Crippen LogP contribution in [0.4, 0.5) is 17.6 Å². The summed E-state index contributed by atoms with van der Waals surface area (Å²) < 4.78 is 61.5. The normalized spacial score (nSPS) is 22.2. The molecule has 1 fully saturated rings. The molecule has 1 aromatic carbocycles. The Morgan fingerprint density at radius 2 is 2.03 bits per heavy atom. The van der Waals surface area contributed by atoms with Gasteiger partial charge < -0.3 is 15.0 Å². The smallest absolute Gasteiger partial charge is 0.410 e. The van der Waals surface area contributed by atoms with Gasteiger partial charge in [0.25, 0.3) is 0 Å². The van der Waals surface area contributed by atoms with Gasteiger partial charge in [-0.2, -0.15) is 18.3 Å².